The molecule has 0 fully saturated rings. The maximum atomic E-state index is 13.6. The van der Waals surface area contributed by atoms with Crippen LogP contribution in [0, 0.1) is 11.7 Å². The summed E-state index contributed by atoms with van der Waals surface area (Å²) in [6.07, 6.45) is 0.976. The van der Waals surface area contributed by atoms with Crippen molar-refractivity contribution in [2.24, 2.45) is 16.8 Å². The minimum atomic E-state index is -0.516. The maximum absolute atomic E-state index is 13.6. The topological polar surface area (TPSA) is 67.8 Å². The second-order valence-corrected chi connectivity index (χ2v) is 3.95. The van der Waals surface area contributed by atoms with Crippen LogP contribution in [0.15, 0.2) is 23.4 Å². The summed E-state index contributed by atoms with van der Waals surface area (Å²) in [7, 11) is 0. The Morgan fingerprint density at radius 2 is 2.29 bits per heavy atom. The van der Waals surface area contributed by atoms with E-state index in [1.54, 1.807) is 6.07 Å². The van der Waals surface area contributed by atoms with E-state index in [0.717, 1.165) is 6.42 Å². The smallest absolute Gasteiger partial charge is 0.170 e. The summed E-state index contributed by atoms with van der Waals surface area (Å²) in [5, 5.41) is 11.3. The van der Waals surface area contributed by atoms with E-state index in [9.17, 15) is 4.39 Å². The van der Waals surface area contributed by atoms with Crippen molar-refractivity contribution in [2.45, 2.75) is 20.3 Å². The summed E-state index contributed by atoms with van der Waals surface area (Å²) < 4.78 is 18.9. The molecule has 0 aromatic heterocycles. The first-order valence-electron chi connectivity index (χ1n) is 5.48. The fourth-order valence-electron chi connectivity index (χ4n) is 1.18. The molecule has 0 aliphatic carbocycles. The third kappa shape index (κ3) is 3.62. The van der Waals surface area contributed by atoms with Gasteiger partial charge in [-0.15, -0.1) is 0 Å². The van der Waals surface area contributed by atoms with Crippen LogP contribution in [-0.2, 0) is 0 Å². The first kappa shape index (κ1) is 13.3. The SMILES string of the molecule is CCC(C)COc1ccc(/C(N)=N/O)cc1F. The van der Waals surface area contributed by atoms with Crippen LogP contribution in [0.2, 0.25) is 0 Å². The molecule has 4 nitrogen and oxygen atoms in total. The maximum Gasteiger partial charge on any atom is 0.170 e. The number of hydrogen-bond donors (Lipinski definition) is 2. The molecule has 0 bridgehead atoms. The number of benzene rings is 1. The highest BCUT2D eigenvalue weighted by Gasteiger charge is 2.08. The number of halogens is 1. The second kappa shape index (κ2) is 6.08. The Kier molecular flexibility index (Phi) is 4.75. The number of oxime groups is 1. The first-order valence-corrected chi connectivity index (χ1v) is 5.48. The van der Waals surface area contributed by atoms with E-state index in [1.807, 2.05) is 13.8 Å². The van der Waals surface area contributed by atoms with Gasteiger partial charge in [0.1, 0.15) is 0 Å². The summed E-state index contributed by atoms with van der Waals surface area (Å²) in [4.78, 5) is 0. The summed E-state index contributed by atoms with van der Waals surface area (Å²) in [5.74, 6) is -0.0901. The van der Waals surface area contributed by atoms with Gasteiger partial charge in [-0.25, -0.2) is 4.39 Å². The normalized spacial score (nSPS) is 13.5. The van der Waals surface area contributed by atoms with Gasteiger partial charge in [-0.2, -0.15) is 0 Å². The van der Waals surface area contributed by atoms with Crippen molar-refractivity contribution in [3.05, 3.63) is 29.6 Å². The van der Waals surface area contributed by atoms with Crippen LogP contribution in [0.1, 0.15) is 25.8 Å². The van der Waals surface area contributed by atoms with Crippen molar-refractivity contribution in [2.75, 3.05) is 6.61 Å². The molecule has 0 saturated heterocycles. The Hall–Kier alpha value is -1.78. The lowest BCUT2D eigenvalue weighted by atomic mass is 10.1. The molecule has 5 heteroatoms. The van der Waals surface area contributed by atoms with Crippen LogP contribution < -0.4 is 10.5 Å². The van der Waals surface area contributed by atoms with Crippen molar-refractivity contribution in [1.82, 2.24) is 0 Å². The molecule has 3 N–H and O–H groups in total. The lowest BCUT2D eigenvalue weighted by Crippen LogP contribution is -2.14. The molecular weight excluding hydrogens is 223 g/mol. The standard InChI is InChI=1S/C12H17FN2O2/c1-3-8(2)7-17-11-5-4-9(6-10(11)13)12(14)15-16/h4-6,8,16H,3,7H2,1-2H3,(H2,14,15). The third-order valence-corrected chi connectivity index (χ3v) is 2.56. The second-order valence-electron chi connectivity index (χ2n) is 3.95. The van der Waals surface area contributed by atoms with Gasteiger partial charge in [0.25, 0.3) is 0 Å². The zero-order chi connectivity index (χ0) is 12.8. The fourth-order valence-corrected chi connectivity index (χ4v) is 1.18. The highest BCUT2D eigenvalue weighted by molar-refractivity contribution is 5.97. The fraction of sp³-hybridized carbons (Fsp3) is 0.417. The predicted molar refractivity (Wildman–Crippen MR) is 63.9 cm³/mol. The van der Waals surface area contributed by atoms with Gasteiger partial charge in [-0.3, -0.25) is 0 Å². The van der Waals surface area contributed by atoms with E-state index >= 15 is 0 Å². The van der Waals surface area contributed by atoms with Crippen molar-refractivity contribution < 1.29 is 14.3 Å². The van der Waals surface area contributed by atoms with E-state index in [0.29, 0.717) is 18.1 Å². The molecular formula is C12H17FN2O2. The first-order chi connectivity index (χ1) is 8.08. The molecule has 1 aromatic rings. The van der Waals surface area contributed by atoms with Gasteiger partial charge in [0.15, 0.2) is 17.4 Å². The molecule has 0 aliphatic rings. The molecule has 0 saturated carbocycles. The summed E-state index contributed by atoms with van der Waals surface area (Å²) in [6, 6.07) is 4.20. The van der Waals surface area contributed by atoms with Gasteiger partial charge in [-0.1, -0.05) is 25.4 Å². The summed E-state index contributed by atoms with van der Waals surface area (Å²) in [5.41, 5.74) is 5.67. The Morgan fingerprint density at radius 1 is 1.59 bits per heavy atom. The minimum absolute atomic E-state index is 0.127. The number of hydrogen-bond acceptors (Lipinski definition) is 3. The quantitative estimate of drug-likeness (QED) is 0.359. The van der Waals surface area contributed by atoms with Crippen molar-refractivity contribution in [3.8, 4) is 5.75 Å². The molecule has 1 unspecified atom stereocenters. The Balaban J connectivity index is 2.76. The number of nitrogens with zero attached hydrogens (tertiary/aromatic N) is 1. The van der Waals surface area contributed by atoms with Crippen LogP contribution in [0.4, 0.5) is 4.39 Å². The number of nitrogens with two attached hydrogens (primary N) is 1. The van der Waals surface area contributed by atoms with E-state index in [1.165, 1.54) is 12.1 Å². The Bertz CT molecular complexity index is 407. The predicted octanol–water partition coefficient (Wildman–Crippen LogP) is 2.35. The number of ether oxygens (including phenoxy) is 1. The van der Waals surface area contributed by atoms with Crippen LogP contribution >= 0.6 is 0 Å². The van der Waals surface area contributed by atoms with Crippen molar-refractivity contribution in [3.63, 3.8) is 0 Å². The van der Waals surface area contributed by atoms with Gasteiger partial charge in [0.05, 0.1) is 6.61 Å². The third-order valence-electron chi connectivity index (χ3n) is 2.56. The number of amidine groups is 1. The highest BCUT2D eigenvalue weighted by atomic mass is 19.1. The van der Waals surface area contributed by atoms with E-state index in [-0.39, 0.29) is 11.6 Å². The minimum Gasteiger partial charge on any atom is -0.490 e. The van der Waals surface area contributed by atoms with Crippen LogP contribution in [0.25, 0.3) is 0 Å². The Morgan fingerprint density at radius 3 is 2.82 bits per heavy atom. The molecule has 1 atom stereocenters. The van der Waals surface area contributed by atoms with Crippen molar-refractivity contribution >= 4 is 5.84 Å². The van der Waals surface area contributed by atoms with E-state index < -0.39 is 5.82 Å². The van der Waals surface area contributed by atoms with Gasteiger partial charge in [0, 0.05) is 5.56 Å². The van der Waals surface area contributed by atoms with Gasteiger partial charge < -0.3 is 15.7 Å². The molecule has 1 aromatic carbocycles. The molecule has 0 aliphatic heterocycles. The van der Waals surface area contributed by atoms with Crippen LogP contribution in [0.5, 0.6) is 5.75 Å². The highest BCUT2D eigenvalue weighted by Crippen LogP contribution is 2.19. The van der Waals surface area contributed by atoms with Gasteiger partial charge in [-0.05, 0) is 24.1 Å². The molecule has 1 rings (SSSR count). The van der Waals surface area contributed by atoms with Gasteiger partial charge >= 0.3 is 0 Å². The van der Waals surface area contributed by atoms with E-state index in [2.05, 4.69) is 5.16 Å². The van der Waals surface area contributed by atoms with Crippen LogP contribution in [-0.4, -0.2) is 17.6 Å². The average molecular weight is 240 g/mol. The van der Waals surface area contributed by atoms with Gasteiger partial charge in [0.2, 0.25) is 0 Å². The summed E-state index contributed by atoms with van der Waals surface area (Å²) >= 11 is 0. The molecule has 0 heterocycles. The lowest BCUT2D eigenvalue weighted by Gasteiger charge is -2.12. The largest absolute Gasteiger partial charge is 0.490 e. The average Bonchev–Trinajstić information content (AvgIpc) is 2.35. The molecule has 0 radical (unpaired) electrons. The molecule has 0 amide bonds. The van der Waals surface area contributed by atoms with E-state index in [4.69, 9.17) is 15.7 Å². The summed E-state index contributed by atoms with van der Waals surface area (Å²) in [6.45, 7) is 4.55. The zero-order valence-corrected chi connectivity index (χ0v) is 9.98. The molecule has 17 heavy (non-hydrogen) atoms. The monoisotopic (exact) mass is 240 g/mol. The zero-order valence-electron chi connectivity index (χ0n) is 9.98. The lowest BCUT2D eigenvalue weighted by molar-refractivity contribution is 0.246. The number of rotatable bonds is 5. The molecule has 0 spiro atoms. The molecule has 94 valence electrons. The van der Waals surface area contributed by atoms with Crippen molar-refractivity contribution in [1.29, 1.82) is 0 Å². The Labute approximate surface area is 99.9 Å². The van der Waals surface area contributed by atoms with Crippen LogP contribution in [0.3, 0.4) is 0 Å².